The van der Waals surface area contributed by atoms with Crippen molar-refractivity contribution in [1.29, 1.82) is 0 Å². The summed E-state index contributed by atoms with van der Waals surface area (Å²) in [5.74, 6) is -0.767. The molecule has 2 fully saturated rings. The van der Waals surface area contributed by atoms with Gasteiger partial charge in [-0.3, -0.25) is 19.4 Å². The number of nitrogens with zero attached hydrogens (tertiary/aromatic N) is 3. The van der Waals surface area contributed by atoms with Crippen molar-refractivity contribution in [2.45, 2.75) is 38.1 Å². The van der Waals surface area contributed by atoms with E-state index in [1.165, 1.54) is 19.3 Å². The van der Waals surface area contributed by atoms with Gasteiger partial charge in [0.25, 0.3) is 0 Å². The minimum absolute atomic E-state index is 0.0786. The average Bonchev–Trinajstić information content (AvgIpc) is 2.41. The molecule has 0 aromatic heterocycles. The standard InChI is InChI=1S/C15H27N3O3/c1-16-9-10-18(11-13(16)15(20)21)14(19)12-17-7-5-3-2-4-6-8-17/h13H,2-12H2,1H3,(H,20,21)/t13-/m1/s1. The van der Waals surface area contributed by atoms with E-state index in [2.05, 4.69) is 4.90 Å². The summed E-state index contributed by atoms with van der Waals surface area (Å²) in [6, 6.07) is -0.574. The normalized spacial score (nSPS) is 26.1. The summed E-state index contributed by atoms with van der Waals surface area (Å²) in [4.78, 5) is 29.4. The van der Waals surface area contributed by atoms with Gasteiger partial charge in [-0.1, -0.05) is 19.3 Å². The van der Waals surface area contributed by atoms with Gasteiger partial charge in [-0.15, -0.1) is 0 Å². The summed E-state index contributed by atoms with van der Waals surface area (Å²) in [6.45, 7) is 3.98. The summed E-state index contributed by atoms with van der Waals surface area (Å²) in [5, 5.41) is 9.21. The zero-order valence-electron chi connectivity index (χ0n) is 13.0. The SMILES string of the molecule is CN1CCN(C(=O)CN2CCCCCCC2)C[C@@H]1C(=O)O. The molecule has 0 radical (unpaired) electrons. The summed E-state index contributed by atoms with van der Waals surface area (Å²) in [5.41, 5.74) is 0. The van der Waals surface area contributed by atoms with E-state index >= 15 is 0 Å². The average molecular weight is 297 g/mol. The molecule has 1 amide bonds. The molecule has 2 aliphatic rings. The minimum Gasteiger partial charge on any atom is -0.480 e. The Balaban J connectivity index is 1.85. The van der Waals surface area contributed by atoms with Gasteiger partial charge in [0, 0.05) is 19.6 Å². The smallest absolute Gasteiger partial charge is 0.322 e. The highest BCUT2D eigenvalue weighted by Gasteiger charge is 2.32. The highest BCUT2D eigenvalue weighted by atomic mass is 16.4. The van der Waals surface area contributed by atoms with Crippen LogP contribution in [0.3, 0.4) is 0 Å². The van der Waals surface area contributed by atoms with E-state index < -0.39 is 12.0 Å². The van der Waals surface area contributed by atoms with Gasteiger partial charge in [0.15, 0.2) is 0 Å². The largest absolute Gasteiger partial charge is 0.480 e. The lowest BCUT2D eigenvalue weighted by atomic mass is 10.1. The molecule has 1 N–H and O–H groups in total. The number of hydrogen-bond donors (Lipinski definition) is 1. The maximum absolute atomic E-state index is 12.4. The highest BCUT2D eigenvalue weighted by molar-refractivity contribution is 5.80. The molecule has 2 heterocycles. The van der Waals surface area contributed by atoms with Gasteiger partial charge in [-0.05, 0) is 33.0 Å². The van der Waals surface area contributed by atoms with Gasteiger partial charge in [-0.25, -0.2) is 0 Å². The number of likely N-dealkylation sites (N-methyl/N-ethyl adjacent to an activating group) is 1. The number of carboxylic acids is 1. The van der Waals surface area contributed by atoms with Gasteiger partial charge in [0.2, 0.25) is 5.91 Å². The highest BCUT2D eigenvalue weighted by Crippen LogP contribution is 2.12. The molecule has 6 heteroatoms. The van der Waals surface area contributed by atoms with Gasteiger partial charge in [0.1, 0.15) is 6.04 Å². The number of carbonyl (C=O) groups excluding carboxylic acids is 1. The molecule has 0 unspecified atom stereocenters. The van der Waals surface area contributed by atoms with Gasteiger partial charge in [0.05, 0.1) is 6.54 Å². The maximum Gasteiger partial charge on any atom is 0.322 e. The van der Waals surface area contributed by atoms with E-state index in [1.54, 1.807) is 11.9 Å². The first-order valence-corrected chi connectivity index (χ1v) is 8.01. The Hall–Kier alpha value is -1.14. The molecule has 0 aromatic rings. The van der Waals surface area contributed by atoms with Crippen molar-refractivity contribution < 1.29 is 14.7 Å². The molecule has 120 valence electrons. The monoisotopic (exact) mass is 297 g/mol. The summed E-state index contributed by atoms with van der Waals surface area (Å²) < 4.78 is 0. The lowest BCUT2D eigenvalue weighted by molar-refractivity contribution is -0.148. The summed E-state index contributed by atoms with van der Waals surface area (Å²) in [6.07, 6.45) is 6.13. The second kappa shape index (κ2) is 7.75. The van der Waals surface area contributed by atoms with Crippen LogP contribution in [-0.2, 0) is 9.59 Å². The Morgan fingerprint density at radius 2 is 1.62 bits per heavy atom. The molecule has 0 aliphatic carbocycles. The maximum atomic E-state index is 12.4. The van der Waals surface area contributed by atoms with E-state index in [-0.39, 0.29) is 5.91 Å². The van der Waals surface area contributed by atoms with Crippen LogP contribution >= 0.6 is 0 Å². The van der Waals surface area contributed by atoms with Crippen LogP contribution in [0.15, 0.2) is 0 Å². The van der Waals surface area contributed by atoms with Gasteiger partial charge < -0.3 is 10.0 Å². The number of carbonyl (C=O) groups is 2. The van der Waals surface area contributed by atoms with Crippen LogP contribution in [0.1, 0.15) is 32.1 Å². The quantitative estimate of drug-likeness (QED) is 0.821. The number of carboxylic acid groups (broad SMARTS) is 1. The fourth-order valence-corrected chi connectivity index (χ4v) is 3.13. The van der Waals surface area contributed by atoms with Crippen LogP contribution in [0.2, 0.25) is 0 Å². The Bertz CT molecular complexity index is 367. The van der Waals surface area contributed by atoms with E-state index in [1.807, 2.05) is 4.90 Å². The Labute approximate surface area is 126 Å². The Morgan fingerprint density at radius 1 is 1.00 bits per heavy atom. The minimum atomic E-state index is -0.846. The van der Waals surface area contributed by atoms with E-state index in [4.69, 9.17) is 0 Å². The molecule has 1 atom stereocenters. The number of hydrogen-bond acceptors (Lipinski definition) is 4. The lowest BCUT2D eigenvalue weighted by Gasteiger charge is -2.38. The molecular formula is C15H27N3O3. The summed E-state index contributed by atoms with van der Waals surface area (Å²) in [7, 11) is 1.80. The topological polar surface area (TPSA) is 64.1 Å². The van der Waals surface area contributed by atoms with Gasteiger partial charge in [-0.2, -0.15) is 0 Å². The molecule has 21 heavy (non-hydrogen) atoms. The van der Waals surface area contributed by atoms with Crippen molar-refractivity contribution in [1.82, 2.24) is 14.7 Å². The molecule has 2 aliphatic heterocycles. The van der Waals surface area contributed by atoms with Crippen molar-refractivity contribution in [3.05, 3.63) is 0 Å². The second-order valence-corrected chi connectivity index (χ2v) is 6.22. The van der Waals surface area contributed by atoms with Crippen LogP contribution in [-0.4, -0.2) is 84.0 Å². The fraction of sp³-hybridized carbons (Fsp3) is 0.867. The number of aliphatic carboxylic acids is 1. The molecule has 0 aromatic carbocycles. The number of amides is 1. The molecule has 2 saturated heterocycles. The van der Waals surface area contributed by atoms with Crippen molar-refractivity contribution >= 4 is 11.9 Å². The first-order valence-electron chi connectivity index (χ1n) is 8.01. The van der Waals surface area contributed by atoms with Crippen molar-refractivity contribution in [2.24, 2.45) is 0 Å². The first kappa shape index (κ1) is 16.2. The van der Waals surface area contributed by atoms with Gasteiger partial charge >= 0.3 is 5.97 Å². The third-order valence-electron chi connectivity index (χ3n) is 4.59. The van der Waals surface area contributed by atoms with Crippen LogP contribution in [0.5, 0.6) is 0 Å². The van der Waals surface area contributed by atoms with Crippen molar-refractivity contribution in [3.63, 3.8) is 0 Å². The van der Waals surface area contributed by atoms with Crippen LogP contribution in [0, 0.1) is 0 Å². The third-order valence-corrected chi connectivity index (χ3v) is 4.59. The van der Waals surface area contributed by atoms with Crippen LogP contribution in [0.25, 0.3) is 0 Å². The molecule has 2 rings (SSSR count). The van der Waals surface area contributed by atoms with Crippen molar-refractivity contribution in [3.8, 4) is 0 Å². The zero-order chi connectivity index (χ0) is 15.2. The number of rotatable bonds is 3. The fourth-order valence-electron chi connectivity index (χ4n) is 3.13. The van der Waals surface area contributed by atoms with E-state index in [9.17, 15) is 14.7 Å². The Kier molecular flexibility index (Phi) is 5.99. The predicted octanol–water partition coefficient (Wildman–Crippen LogP) is 0.480. The predicted molar refractivity (Wildman–Crippen MR) is 80.2 cm³/mol. The molecule has 6 nitrogen and oxygen atoms in total. The molecular weight excluding hydrogens is 270 g/mol. The first-order chi connectivity index (χ1) is 10.1. The summed E-state index contributed by atoms with van der Waals surface area (Å²) >= 11 is 0. The van der Waals surface area contributed by atoms with E-state index in [0.717, 1.165) is 25.9 Å². The number of piperazine rings is 1. The lowest BCUT2D eigenvalue weighted by Crippen LogP contribution is -2.57. The molecule has 0 saturated carbocycles. The molecule has 0 spiro atoms. The van der Waals surface area contributed by atoms with E-state index in [0.29, 0.717) is 26.2 Å². The van der Waals surface area contributed by atoms with Crippen molar-refractivity contribution in [2.75, 3.05) is 46.3 Å². The third kappa shape index (κ3) is 4.68. The van der Waals surface area contributed by atoms with Crippen LogP contribution in [0.4, 0.5) is 0 Å². The zero-order valence-corrected chi connectivity index (χ0v) is 13.0. The Morgan fingerprint density at radius 3 is 2.24 bits per heavy atom. The number of likely N-dealkylation sites (tertiary alicyclic amines) is 1. The van der Waals surface area contributed by atoms with Crippen LogP contribution < -0.4 is 0 Å². The second-order valence-electron chi connectivity index (χ2n) is 6.22. The molecule has 0 bridgehead atoms.